The minimum absolute atomic E-state index is 0.0535. The highest BCUT2D eigenvalue weighted by atomic mass is 79.9. The van der Waals surface area contributed by atoms with Gasteiger partial charge < -0.3 is 25.4 Å². The second kappa shape index (κ2) is 17.2. The van der Waals surface area contributed by atoms with Gasteiger partial charge in [-0.1, -0.05) is 67.4 Å². The minimum atomic E-state index is -0.818. The molecule has 0 bridgehead atoms. The number of aliphatic hydroxyl groups is 1. The zero-order chi connectivity index (χ0) is 31.4. The summed E-state index contributed by atoms with van der Waals surface area (Å²) in [6.07, 6.45) is 4.27. The number of halogens is 1. The number of carbonyl (C=O) groups excluding carboxylic acids is 3. The fraction of sp³-hybridized carbons (Fsp3) is 0.625. The van der Waals surface area contributed by atoms with Crippen molar-refractivity contribution in [2.75, 3.05) is 25.1 Å². The van der Waals surface area contributed by atoms with E-state index in [4.69, 9.17) is 4.74 Å². The van der Waals surface area contributed by atoms with E-state index in [9.17, 15) is 19.5 Å². The highest BCUT2D eigenvalue weighted by molar-refractivity contribution is 9.09. The number of hydrogen-bond donors (Lipinski definition) is 3. The molecule has 238 valence electrons. The van der Waals surface area contributed by atoms with Gasteiger partial charge in [0.05, 0.1) is 22.2 Å². The third-order valence-corrected chi connectivity index (χ3v) is 9.11. The van der Waals surface area contributed by atoms with Gasteiger partial charge in [0.1, 0.15) is 12.1 Å². The number of benzene rings is 1. The molecule has 3 amide bonds. The van der Waals surface area contributed by atoms with Crippen LogP contribution in [0.4, 0.5) is 0 Å². The van der Waals surface area contributed by atoms with E-state index >= 15 is 0 Å². The summed E-state index contributed by atoms with van der Waals surface area (Å²) in [7, 11) is 0. The number of β-amino-alcohol motifs (C(OH)–C–C–N with tert-alkyl or cyclic N) is 1. The van der Waals surface area contributed by atoms with Gasteiger partial charge in [-0.15, -0.1) is 11.3 Å². The van der Waals surface area contributed by atoms with Gasteiger partial charge in [-0.25, -0.2) is 4.98 Å². The summed E-state index contributed by atoms with van der Waals surface area (Å²) in [5.41, 5.74) is 4.23. The Kier molecular flexibility index (Phi) is 14.1. The van der Waals surface area contributed by atoms with Crippen LogP contribution < -0.4 is 10.6 Å². The molecule has 3 rings (SSSR count). The van der Waals surface area contributed by atoms with Gasteiger partial charge in [0, 0.05) is 44.5 Å². The average molecular weight is 680 g/mol. The molecule has 1 fully saturated rings. The predicted octanol–water partition coefficient (Wildman–Crippen LogP) is 4.98. The summed E-state index contributed by atoms with van der Waals surface area (Å²) in [4.78, 5) is 46.7. The number of nitrogens with one attached hydrogen (secondary N) is 2. The number of rotatable bonds is 16. The van der Waals surface area contributed by atoms with Crippen LogP contribution in [0, 0.1) is 12.3 Å². The van der Waals surface area contributed by atoms with Gasteiger partial charge in [0.15, 0.2) is 0 Å². The highest BCUT2D eigenvalue weighted by Gasteiger charge is 2.44. The monoisotopic (exact) mass is 678 g/mol. The number of aromatic nitrogens is 1. The van der Waals surface area contributed by atoms with Crippen LogP contribution in [-0.4, -0.2) is 76.0 Å². The summed E-state index contributed by atoms with van der Waals surface area (Å²) in [5, 5.41) is 17.3. The Balaban J connectivity index is 1.52. The molecule has 3 N–H and O–H groups in total. The minimum Gasteiger partial charge on any atom is -0.391 e. The number of hydrogen-bond acceptors (Lipinski definition) is 7. The van der Waals surface area contributed by atoms with Crippen LogP contribution in [0.15, 0.2) is 29.8 Å². The lowest BCUT2D eigenvalue weighted by atomic mass is 9.85. The number of aryl methyl sites for hydroxylation is 1. The van der Waals surface area contributed by atoms with Crippen molar-refractivity contribution in [3.05, 3.63) is 41.0 Å². The molecule has 1 aromatic heterocycles. The van der Waals surface area contributed by atoms with Crippen molar-refractivity contribution in [3.8, 4) is 10.4 Å². The second-order valence-electron chi connectivity index (χ2n) is 12.3. The fourth-order valence-electron chi connectivity index (χ4n) is 5.08. The molecule has 0 radical (unpaired) electrons. The van der Waals surface area contributed by atoms with E-state index in [1.54, 1.807) is 11.3 Å². The Hall–Kier alpha value is -2.34. The van der Waals surface area contributed by atoms with Crippen LogP contribution in [0.3, 0.4) is 0 Å². The van der Waals surface area contributed by atoms with E-state index in [1.165, 1.54) is 4.90 Å². The van der Waals surface area contributed by atoms with Crippen molar-refractivity contribution in [1.82, 2.24) is 20.5 Å². The van der Waals surface area contributed by atoms with Crippen LogP contribution in [0.25, 0.3) is 10.4 Å². The Morgan fingerprint density at radius 3 is 2.44 bits per heavy atom. The molecule has 2 heterocycles. The number of aliphatic hydroxyl groups excluding tert-OH is 1. The third-order valence-electron chi connectivity index (χ3n) is 7.58. The molecular weight excluding hydrogens is 632 g/mol. The van der Waals surface area contributed by atoms with E-state index in [-0.39, 0.29) is 30.7 Å². The van der Waals surface area contributed by atoms with Gasteiger partial charge in [0.2, 0.25) is 17.7 Å². The summed E-state index contributed by atoms with van der Waals surface area (Å²) >= 11 is 5.00. The lowest BCUT2D eigenvalue weighted by Crippen LogP contribution is -2.57. The second-order valence-corrected chi connectivity index (χ2v) is 13.9. The molecule has 1 saturated heterocycles. The highest BCUT2D eigenvalue weighted by Crippen LogP contribution is 2.28. The molecule has 3 atom stereocenters. The molecule has 43 heavy (non-hydrogen) atoms. The standard InChI is InChI=1S/C32H47BrN4O5S/c1-22-28(43-21-35-22)24-13-11-23(12-14-24)19-34-30(40)26-18-25(38)20-37(26)31(41)29(32(2,3)4)36-27(39)10-6-5-8-16-42-17-9-7-15-33/h11-14,21,25-26,29,38H,5-10,15-20H2,1-4H3,(H,34,40)(H,36,39). The van der Waals surface area contributed by atoms with Crippen LogP contribution in [0.1, 0.15) is 77.0 Å². The Labute approximate surface area is 268 Å². The van der Waals surface area contributed by atoms with Crippen LogP contribution >= 0.6 is 27.3 Å². The van der Waals surface area contributed by atoms with Gasteiger partial charge in [-0.05, 0) is 49.1 Å². The normalized spacial score (nSPS) is 17.6. The van der Waals surface area contributed by atoms with E-state index < -0.39 is 23.6 Å². The molecule has 9 nitrogen and oxygen atoms in total. The van der Waals surface area contributed by atoms with Crippen LogP contribution in [0.2, 0.25) is 0 Å². The fourth-order valence-corrected chi connectivity index (χ4v) is 6.29. The van der Waals surface area contributed by atoms with Crippen molar-refractivity contribution in [1.29, 1.82) is 0 Å². The topological polar surface area (TPSA) is 121 Å². The molecule has 1 aliphatic heterocycles. The first-order valence-corrected chi connectivity index (χ1v) is 17.2. The first-order chi connectivity index (χ1) is 20.5. The Morgan fingerprint density at radius 1 is 1.12 bits per heavy atom. The predicted molar refractivity (Wildman–Crippen MR) is 174 cm³/mol. The van der Waals surface area contributed by atoms with Gasteiger partial charge in [-0.2, -0.15) is 0 Å². The molecule has 0 spiro atoms. The zero-order valence-corrected chi connectivity index (χ0v) is 28.3. The number of likely N-dealkylation sites (tertiary alicyclic amines) is 1. The molecule has 1 aromatic carbocycles. The summed E-state index contributed by atoms with van der Waals surface area (Å²) in [6.45, 7) is 9.45. The van der Waals surface area contributed by atoms with Gasteiger partial charge in [0.25, 0.3) is 0 Å². The first kappa shape index (κ1) is 35.1. The van der Waals surface area contributed by atoms with Crippen molar-refractivity contribution in [3.63, 3.8) is 0 Å². The maximum absolute atomic E-state index is 13.8. The third kappa shape index (κ3) is 11.0. The van der Waals surface area contributed by atoms with Crippen molar-refractivity contribution < 1.29 is 24.2 Å². The van der Waals surface area contributed by atoms with Crippen molar-refractivity contribution in [2.24, 2.45) is 5.41 Å². The van der Waals surface area contributed by atoms with Crippen molar-refractivity contribution >= 4 is 45.0 Å². The van der Waals surface area contributed by atoms with Crippen LogP contribution in [0.5, 0.6) is 0 Å². The molecular formula is C32H47BrN4O5S. The molecule has 0 saturated carbocycles. The number of unbranched alkanes of at least 4 members (excludes halogenated alkanes) is 3. The number of ether oxygens (including phenoxy) is 1. The SMILES string of the molecule is Cc1ncsc1-c1ccc(CNC(=O)C2CC(O)CN2C(=O)C(NC(=O)CCCCCOCCCCBr)C(C)(C)C)cc1. The van der Waals surface area contributed by atoms with E-state index in [0.717, 1.165) is 59.3 Å². The molecule has 3 unspecified atom stereocenters. The lowest BCUT2D eigenvalue weighted by molar-refractivity contribution is -0.144. The molecule has 0 aliphatic carbocycles. The summed E-state index contributed by atoms with van der Waals surface area (Å²) in [5.74, 6) is -0.858. The maximum atomic E-state index is 13.8. The number of carbonyl (C=O) groups is 3. The summed E-state index contributed by atoms with van der Waals surface area (Å²) in [6, 6.07) is 6.32. The smallest absolute Gasteiger partial charge is 0.246 e. The number of thiazole rings is 1. The number of alkyl halides is 1. The van der Waals surface area contributed by atoms with Crippen molar-refractivity contribution in [2.45, 2.75) is 97.4 Å². The van der Waals surface area contributed by atoms with Crippen LogP contribution in [-0.2, 0) is 25.7 Å². The average Bonchev–Trinajstić information content (AvgIpc) is 3.58. The van der Waals surface area contributed by atoms with E-state index in [0.29, 0.717) is 26.0 Å². The molecule has 2 aromatic rings. The molecule has 11 heteroatoms. The maximum Gasteiger partial charge on any atom is 0.246 e. The summed E-state index contributed by atoms with van der Waals surface area (Å²) < 4.78 is 5.62. The van der Waals surface area contributed by atoms with Gasteiger partial charge in [-0.3, -0.25) is 14.4 Å². The lowest BCUT2D eigenvalue weighted by Gasteiger charge is -2.35. The van der Waals surface area contributed by atoms with E-state index in [1.807, 2.05) is 57.5 Å². The first-order valence-electron chi connectivity index (χ1n) is 15.2. The number of nitrogens with zero attached hydrogens (tertiary/aromatic N) is 2. The van der Waals surface area contributed by atoms with E-state index in [2.05, 4.69) is 31.5 Å². The number of amides is 3. The largest absolute Gasteiger partial charge is 0.391 e. The zero-order valence-electron chi connectivity index (χ0n) is 25.9. The van der Waals surface area contributed by atoms with Gasteiger partial charge >= 0.3 is 0 Å². The molecule has 1 aliphatic rings. The Bertz CT molecular complexity index is 1180. The quantitative estimate of drug-likeness (QED) is 0.170. The Morgan fingerprint density at radius 2 is 1.81 bits per heavy atom.